The fourth-order valence-electron chi connectivity index (χ4n) is 0.620. The van der Waals surface area contributed by atoms with Gasteiger partial charge in [0.15, 0.2) is 0 Å². The maximum Gasteiger partial charge on any atom is 0.100 e. The molecule has 0 fully saturated rings. The third-order valence-corrected chi connectivity index (χ3v) is 1.07. The molecule has 1 heterocycles. The van der Waals surface area contributed by atoms with Gasteiger partial charge in [0.2, 0.25) is 0 Å². The smallest absolute Gasteiger partial charge is 0.100 e. The van der Waals surface area contributed by atoms with Gasteiger partial charge < -0.3 is 4.90 Å². The summed E-state index contributed by atoms with van der Waals surface area (Å²) in [5, 5.41) is 0. The predicted molar refractivity (Wildman–Crippen MR) is 30.0 cm³/mol. The van der Waals surface area contributed by atoms with Crippen molar-refractivity contribution in [1.29, 1.82) is 0 Å². The van der Waals surface area contributed by atoms with E-state index in [1.165, 1.54) is 4.90 Å². The molecule has 1 aliphatic rings. The molecule has 0 saturated heterocycles. The molecule has 7 heavy (non-hydrogen) atoms. The average Bonchev–Trinajstić information content (AvgIpc) is 1.69. The van der Waals surface area contributed by atoms with E-state index >= 15 is 0 Å². The van der Waals surface area contributed by atoms with E-state index in [4.69, 9.17) is 0 Å². The van der Waals surface area contributed by atoms with Gasteiger partial charge in [0.1, 0.15) is 6.54 Å². The zero-order valence-electron chi connectivity index (χ0n) is 4.52. The summed E-state index contributed by atoms with van der Waals surface area (Å²) in [4.78, 5) is 1.45. The minimum atomic E-state index is 1.14. The third kappa shape index (κ3) is 1.16. The van der Waals surface area contributed by atoms with Crippen molar-refractivity contribution < 1.29 is 4.90 Å². The van der Waals surface area contributed by atoms with Gasteiger partial charge in [-0.3, -0.25) is 0 Å². The largest absolute Gasteiger partial charge is 0.308 e. The fourth-order valence-corrected chi connectivity index (χ4v) is 0.620. The highest BCUT2D eigenvalue weighted by Crippen LogP contribution is 1.73. The Kier molecular flexibility index (Phi) is 1.27. The van der Waals surface area contributed by atoms with Gasteiger partial charge in [0.25, 0.3) is 0 Å². The summed E-state index contributed by atoms with van der Waals surface area (Å²) < 4.78 is 0. The summed E-state index contributed by atoms with van der Waals surface area (Å²) in [6.07, 6.45) is 8.45. The molecule has 0 bridgehead atoms. The average molecular weight is 96.2 g/mol. The monoisotopic (exact) mass is 96.1 g/mol. The number of nitrogens with one attached hydrogen (secondary N) is 1. The highest BCUT2D eigenvalue weighted by Gasteiger charge is 1.92. The molecule has 1 nitrogen and oxygen atoms in total. The lowest BCUT2D eigenvalue weighted by atomic mass is 10.4. The Morgan fingerprint density at radius 2 is 2.29 bits per heavy atom. The molecule has 0 aromatic rings. The first kappa shape index (κ1) is 4.60. The number of likely N-dealkylation sites (N-methyl/N-ethyl adjacent to an activating group) is 1. The van der Waals surface area contributed by atoms with Gasteiger partial charge in [0, 0.05) is 0 Å². The van der Waals surface area contributed by atoms with Crippen LogP contribution in [0, 0.1) is 0 Å². The second kappa shape index (κ2) is 1.94. The Balaban J connectivity index is 2.49. The Morgan fingerprint density at radius 3 is 2.57 bits per heavy atom. The molecule has 1 heteroatoms. The normalized spacial score (nSPS) is 28.4. The summed E-state index contributed by atoms with van der Waals surface area (Å²) in [6.45, 7) is 1.14. The van der Waals surface area contributed by atoms with E-state index in [0.29, 0.717) is 0 Å². The molecule has 0 amide bonds. The molecule has 0 spiro atoms. The maximum absolute atomic E-state index is 2.16. The SMILES string of the molecule is C[NH+]1C=CC=CC1. The van der Waals surface area contributed by atoms with E-state index in [1.54, 1.807) is 0 Å². The molecule has 0 aliphatic carbocycles. The number of quaternary nitrogens is 1. The Morgan fingerprint density at radius 1 is 1.43 bits per heavy atom. The van der Waals surface area contributed by atoms with Crippen molar-refractivity contribution in [3.8, 4) is 0 Å². The van der Waals surface area contributed by atoms with Crippen molar-refractivity contribution >= 4 is 0 Å². The highest BCUT2D eigenvalue weighted by molar-refractivity contribution is 5.01. The van der Waals surface area contributed by atoms with Crippen LogP contribution in [0.3, 0.4) is 0 Å². The quantitative estimate of drug-likeness (QED) is 0.418. The van der Waals surface area contributed by atoms with E-state index in [0.717, 1.165) is 6.54 Å². The van der Waals surface area contributed by atoms with Crippen LogP contribution >= 0.6 is 0 Å². The Bertz CT molecular complexity index is 103. The van der Waals surface area contributed by atoms with Crippen molar-refractivity contribution in [2.24, 2.45) is 0 Å². The second-order valence-corrected chi connectivity index (χ2v) is 1.84. The number of hydrogen-bond acceptors (Lipinski definition) is 0. The van der Waals surface area contributed by atoms with E-state index in [-0.39, 0.29) is 0 Å². The Labute approximate surface area is 43.9 Å². The summed E-state index contributed by atoms with van der Waals surface area (Å²) in [5.41, 5.74) is 0. The van der Waals surface area contributed by atoms with Crippen molar-refractivity contribution in [1.82, 2.24) is 0 Å². The standard InChI is InChI=1S/C6H9N/c1-7-5-3-2-4-6-7/h2-5H,6H2,1H3/p+1. The van der Waals surface area contributed by atoms with E-state index in [2.05, 4.69) is 31.5 Å². The van der Waals surface area contributed by atoms with Crippen molar-refractivity contribution in [2.45, 2.75) is 0 Å². The van der Waals surface area contributed by atoms with Crippen molar-refractivity contribution in [2.75, 3.05) is 13.6 Å². The fraction of sp³-hybridized carbons (Fsp3) is 0.333. The minimum Gasteiger partial charge on any atom is -0.308 e. The molecule has 1 rings (SSSR count). The van der Waals surface area contributed by atoms with Crippen LogP contribution in [0.1, 0.15) is 0 Å². The Hall–Kier alpha value is -0.560. The highest BCUT2D eigenvalue weighted by atomic mass is 15.1. The molecule has 1 aliphatic heterocycles. The third-order valence-electron chi connectivity index (χ3n) is 1.07. The molecule has 1 N–H and O–H groups in total. The molecule has 0 aromatic heterocycles. The van der Waals surface area contributed by atoms with Crippen LogP contribution < -0.4 is 4.90 Å². The topological polar surface area (TPSA) is 4.44 Å². The zero-order valence-corrected chi connectivity index (χ0v) is 4.52. The molecular formula is C6H10N+. The molecule has 1 unspecified atom stereocenters. The lowest BCUT2D eigenvalue weighted by Gasteiger charge is -2.05. The van der Waals surface area contributed by atoms with Crippen molar-refractivity contribution in [3.05, 3.63) is 24.4 Å². The van der Waals surface area contributed by atoms with Gasteiger partial charge in [-0.1, -0.05) is 6.08 Å². The van der Waals surface area contributed by atoms with Gasteiger partial charge in [-0.15, -0.1) is 0 Å². The number of rotatable bonds is 0. The van der Waals surface area contributed by atoms with Crippen LogP contribution in [0.4, 0.5) is 0 Å². The first-order valence-electron chi connectivity index (χ1n) is 2.55. The predicted octanol–water partition coefficient (Wildman–Crippen LogP) is -0.415. The number of hydrogen-bond donors (Lipinski definition) is 1. The lowest BCUT2D eigenvalue weighted by Crippen LogP contribution is -3.04. The molecule has 0 radical (unpaired) electrons. The van der Waals surface area contributed by atoms with Crippen LogP contribution in [-0.4, -0.2) is 13.6 Å². The maximum atomic E-state index is 2.16. The van der Waals surface area contributed by atoms with E-state index < -0.39 is 0 Å². The van der Waals surface area contributed by atoms with Gasteiger partial charge >= 0.3 is 0 Å². The van der Waals surface area contributed by atoms with Crippen LogP contribution in [0.15, 0.2) is 24.4 Å². The number of allylic oxidation sites excluding steroid dienone is 2. The zero-order chi connectivity index (χ0) is 5.11. The molecule has 1 atom stereocenters. The van der Waals surface area contributed by atoms with Gasteiger partial charge in [-0.2, -0.15) is 0 Å². The molecular weight excluding hydrogens is 86.1 g/mol. The van der Waals surface area contributed by atoms with Crippen LogP contribution in [0.25, 0.3) is 0 Å². The first-order valence-corrected chi connectivity index (χ1v) is 2.55. The van der Waals surface area contributed by atoms with E-state index in [1.807, 2.05) is 0 Å². The summed E-state index contributed by atoms with van der Waals surface area (Å²) in [5.74, 6) is 0. The molecule has 0 saturated carbocycles. The van der Waals surface area contributed by atoms with Gasteiger partial charge in [-0.25, -0.2) is 0 Å². The summed E-state index contributed by atoms with van der Waals surface area (Å²) in [6, 6.07) is 0. The second-order valence-electron chi connectivity index (χ2n) is 1.84. The lowest BCUT2D eigenvalue weighted by molar-refractivity contribution is -0.818. The molecule has 38 valence electrons. The van der Waals surface area contributed by atoms with Gasteiger partial charge in [-0.05, 0) is 12.2 Å². The van der Waals surface area contributed by atoms with Crippen molar-refractivity contribution in [3.63, 3.8) is 0 Å². The summed E-state index contributed by atoms with van der Waals surface area (Å²) >= 11 is 0. The van der Waals surface area contributed by atoms with Crippen LogP contribution in [-0.2, 0) is 0 Å². The first-order chi connectivity index (χ1) is 3.39. The van der Waals surface area contributed by atoms with E-state index in [9.17, 15) is 0 Å². The van der Waals surface area contributed by atoms with Crippen LogP contribution in [0.5, 0.6) is 0 Å². The molecule has 0 aromatic carbocycles. The summed E-state index contributed by atoms with van der Waals surface area (Å²) in [7, 11) is 2.14. The van der Waals surface area contributed by atoms with Crippen LogP contribution in [0.2, 0.25) is 0 Å². The van der Waals surface area contributed by atoms with Gasteiger partial charge in [0.05, 0.1) is 13.2 Å². The minimum absolute atomic E-state index is 1.14.